The van der Waals surface area contributed by atoms with Crippen molar-refractivity contribution in [3.05, 3.63) is 112 Å². The van der Waals surface area contributed by atoms with Gasteiger partial charge in [-0.05, 0) is 85.7 Å². The topological polar surface area (TPSA) is 46.0 Å². The van der Waals surface area contributed by atoms with E-state index in [1.165, 1.54) is 17.0 Å². The van der Waals surface area contributed by atoms with Crippen LogP contribution in [0.15, 0.2) is 83.7 Å². The second-order valence-electron chi connectivity index (χ2n) is 8.25. The molecule has 4 aromatic rings. The van der Waals surface area contributed by atoms with E-state index >= 15 is 0 Å². The molecule has 3 aromatic heterocycles. The summed E-state index contributed by atoms with van der Waals surface area (Å²) in [6.07, 6.45) is 5.54. The number of halogens is 1. The van der Waals surface area contributed by atoms with Crippen LogP contribution >= 0.6 is 28.1 Å². The maximum atomic E-state index is 5.84. The van der Waals surface area contributed by atoms with Gasteiger partial charge in [0, 0.05) is 46.7 Å². The average molecular weight is 518 g/mol. The predicted octanol–water partition coefficient (Wildman–Crippen LogP) is 5.82. The van der Waals surface area contributed by atoms with Crippen molar-refractivity contribution in [2.75, 3.05) is 0 Å². The fourth-order valence-corrected chi connectivity index (χ4v) is 5.25. The van der Waals surface area contributed by atoms with Crippen LogP contribution in [0.5, 0.6) is 0 Å². The molecule has 1 aliphatic rings. The van der Waals surface area contributed by atoms with Crippen LogP contribution in [-0.2, 0) is 6.54 Å². The first-order chi connectivity index (χ1) is 16.0. The highest BCUT2D eigenvalue weighted by Gasteiger charge is 2.41. The van der Waals surface area contributed by atoms with E-state index < -0.39 is 0 Å². The lowest BCUT2D eigenvalue weighted by atomic mass is 9.96. The molecule has 33 heavy (non-hydrogen) atoms. The third kappa shape index (κ3) is 4.18. The van der Waals surface area contributed by atoms with Crippen LogP contribution in [0, 0.1) is 13.8 Å². The van der Waals surface area contributed by atoms with Crippen molar-refractivity contribution in [2.24, 2.45) is 0 Å². The van der Waals surface area contributed by atoms with Gasteiger partial charge in [0.05, 0.1) is 17.8 Å². The first kappa shape index (κ1) is 21.8. The van der Waals surface area contributed by atoms with Crippen LogP contribution < -0.4 is 5.32 Å². The average Bonchev–Trinajstić information content (AvgIpc) is 3.31. The molecular formula is C26H24BrN5S. The number of nitrogens with zero attached hydrogens (tertiary/aromatic N) is 4. The molecule has 0 radical (unpaired) electrons. The minimum atomic E-state index is -0.0470. The van der Waals surface area contributed by atoms with Gasteiger partial charge in [-0.25, -0.2) is 0 Å². The van der Waals surface area contributed by atoms with Gasteiger partial charge in [0.1, 0.15) is 0 Å². The van der Waals surface area contributed by atoms with Crippen molar-refractivity contribution in [2.45, 2.75) is 32.5 Å². The van der Waals surface area contributed by atoms with E-state index in [2.05, 4.69) is 97.0 Å². The van der Waals surface area contributed by atoms with Gasteiger partial charge in [0.15, 0.2) is 5.11 Å². The van der Waals surface area contributed by atoms with E-state index in [1.807, 2.05) is 30.6 Å². The number of benzene rings is 1. The van der Waals surface area contributed by atoms with Gasteiger partial charge >= 0.3 is 0 Å². The Kier molecular flexibility index (Phi) is 6.00. The van der Waals surface area contributed by atoms with Crippen LogP contribution in [-0.4, -0.2) is 24.5 Å². The highest BCUT2D eigenvalue weighted by Crippen LogP contribution is 2.42. The number of rotatable bonds is 5. The zero-order valence-electron chi connectivity index (χ0n) is 18.4. The van der Waals surface area contributed by atoms with Crippen molar-refractivity contribution in [3.8, 4) is 5.69 Å². The molecule has 0 spiro atoms. The molecule has 2 unspecified atom stereocenters. The number of aryl methyl sites for hydroxylation is 1. The summed E-state index contributed by atoms with van der Waals surface area (Å²) in [6, 6.07) is 20.7. The summed E-state index contributed by atoms with van der Waals surface area (Å²) in [7, 11) is 0. The Morgan fingerprint density at radius 3 is 2.55 bits per heavy atom. The summed E-state index contributed by atoms with van der Waals surface area (Å²) < 4.78 is 3.37. The molecule has 1 saturated heterocycles. The number of thiocarbonyl (C=S) groups is 1. The number of nitrogens with one attached hydrogen (secondary N) is 1. The Hall–Kier alpha value is -3.03. The van der Waals surface area contributed by atoms with Gasteiger partial charge < -0.3 is 14.8 Å². The molecule has 1 fully saturated rings. The van der Waals surface area contributed by atoms with Crippen molar-refractivity contribution < 1.29 is 0 Å². The van der Waals surface area contributed by atoms with Gasteiger partial charge in [-0.15, -0.1) is 0 Å². The molecule has 2 atom stereocenters. The third-order valence-corrected chi connectivity index (χ3v) is 7.03. The fourth-order valence-electron chi connectivity index (χ4n) is 4.68. The standard InChI is InChI=1S/C26H24BrN5S/c1-17-14-22(18(2)32(17)21-10-8-20(27)9-11-21)25-24(23-7-3-4-13-29-23)30-26(33)31(25)16-19-6-5-12-28-15-19/h3-15,24-25H,16H2,1-2H3,(H,30,33). The Morgan fingerprint density at radius 1 is 1.03 bits per heavy atom. The quantitative estimate of drug-likeness (QED) is 0.338. The SMILES string of the molecule is Cc1cc(C2C(c3ccccn3)NC(=S)N2Cc2cccnc2)c(C)n1-c1ccc(Br)cc1. The fraction of sp³-hybridized carbons (Fsp3) is 0.192. The summed E-state index contributed by atoms with van der Waals surface area (Å²) in [5.41, 5.74) is 6.86. The smallest absolute Gasteiger partial charge is 0.170 e. The number of aromatic nitrogens is 3. The molecular weight excluding hydrogens is 494 g/mol. The second kappa shape index (κ2) is 9.08. The van der Waals surface area contributed by atoms with Crippen LogP contribution in [0.1, 0.15) is 40.3 Å². The van der Waals surface area contributed by atoms with Gasteiger partial charge in [0.2, 0.25) is 0 Å². The predicted molar refractivity (Wildman–Crippen MR) is 138 cm³/mol. The van der Waals surface area contributed by atoms with E-state index in [1.54, 1.807) is 6.20 Å². The molecule has 7 heteroatoms. The monoisotopic (exact) mass is 517 g/mol. The number of hydrogen-bond acceptors (Lipinski definition) is 3. The summed E-state index contributed by atoms with van der Waals surface area (Å²) in [6.45, 7) is 5.01. The lowest BCUT2D eigenvalue weighted by Gasteiger charge is -2.28. The summed E-state index contributed by atoms with van der Waals surface area (Å²) in [4.78, 5) is 11.2. The van der Waals surface area contributed by atoms with Crippen molar-refractivity contribution in [3.63, 3.8) is 0 Å². The Morgan fingerprint density at radius 2 is 1.85 bits per heavy atom. The molecule has 0 bridgehead atoms. The maximum Gasteiger partial charge on any atom is 0.170 e. The van der Waals surface area contributed by atoms with E-state index in [-0.39, 0.29) is 12.1 Å². The van der Waals surface area contributed by atoms with Gasteiger partial charge in [-0.3, -0.25) is 9.97 Å². The van der Waals surface area contributed by atoms with Crippen molar-refractivity contribution >= 4 is 33.3 Å². The summed E-state index contributed by atoms with van der Waals surface area (Å²) in [5.74, 6) is 0. The highest BCUT2D eigenvalue weighted by molar-refractivity contribution is 9.10. The van der Waals surface area contributed by atoms with E-state index in [4.69, 9.17) is 12.2 Å². The largest absolute Gasteiger partial charge is 0.352 e. The van der Waals surface area contributed by atoms with Crippen molar-refractivity contribution in [1.29, 1.82) is 0 Å². The zero-order valence-corrected chi connectivity index (χ0v) is 20.8. The minimum absolute atomic E-state index is 0.00278. The van der Waals surface area contributed by atoms with E-state index in [0.717, 1.165) is 26.5 Å². The lowest BCUT2D eigenvalue weighted by Crippen LogP contribution is -2.29. The maximum absolute atomic E-state index is 5.84. The normalized spacial score (nSPS) is 17.9. The third-order valence-electron chi connectivity index (χ3n) is 6.15. The number of pyridine rings is 2. The molecule has 5 rings (SSSR count). The minimum Gasteiger partial charge on any atom is -0.352 e. The molecule has 0 aliphatic carbocycles. The van der Waals surface area contributed by atoms with Crippen LogP contribution in [0.4, 0.5) is 0 Å². The zero-order chi connectivity index (χ0) is 22.9. The summed E-state index contributed by atoms with van der Waals surface area (Å²) in [5, 5.41) is 4.28. The second-order valence-corrected chi connectivity index (χ2v) is 9.56. The Labute approximate surface area is 207 Å². The van der Waals surface area contributed by atoms with Gasteiger partial charge in [-0.1, -0.05) is 28.1 Å². The Bertz CT molecular complexity index is 1270. The Balaban J connectivity index is 1.61. The molecule has 4 heterocycles. The molecule has 0 saturated carbocycles. The molecule has 1 N–H and O–H groups in total. The van der Waals surface area contributed by atoms with E-state index in [0.29, 0.717) is 6.54 Å². The van der Waals surface area contributed by atoms with Crippen molar-refractivity contribution in [1.82, 2.24) is 24.8 Å². The number of hydrogen-bond donors (Lipinski definition) is 1. The first-order valence-corrected chi connectivity index (χ1v) is 12.0. The molecule has 166 valence electrons. The lowest BCUT2D eigenvalue weighted by molar-refractivity contribution is 0.310. The summed E-state index contributed by atoms with van der Waals surface area (Å²) >= 11 is 9.38. The molecule has 0 amide bonds. The molecule has 1 aliphatic heterocycles. The van der Waals surface area contributed by atoms with Crippen LogP contribution in [0.3, 0.4) is 0 Å². The first-order valence-electron chi connectivity index (χ1n) is 10.8. The molecule has 1 aromatic carbocycles. The van der Waals surface area contributed by atoms with Gasteiger partial charge in [0.25, 0.3) is 0 Å². The van der Waals surface area contributed by atoms with Crippen LogP contribution in [0.25, 0.3) is 5.69 Å². The highest BCUT2D eigenvalue weighted by atomic mass is 79.9. The van der Waals surface area contributed by atoms with Gasteiger partial charge in [-0.2, -0.15) is 0 Å². The van der Waals surface area contributed by atoms with E-state index in [9.17, 15) is 0 Å². The molecule has 5 nitrogen and oxygen atoms in total. The van der Waals surface area contributed by atoms with Crippen LogP contribution in [0.2, 0.25) is 0 Å².